The third-order valence-corrected chi connectivity index (χ3v) is 8.33. The summed E-state index contributed by atoms with van der Waals surface area (Å²) >= 11 is 0. The molecule has 3 saturated heterocycles. The van der Waals surface area contributed by atoms with Crippen molar-refractivity contribution in [1.82, 2.24) is 15.8 Å². The number of rotatable bonds is 15. The van der Waals surface area contributed by atoms with Crippen molar-refractivity contribution < 1.29 is 78.9 Å². The molecule has 49 heavy (non-hydrogen) atoms. The van der Waals surface area contributed by atoms with Crippen molar-refractivity contribution in [1.29, 1.82) is 0 Å². The van der Waals surface area contributed by atoms with E-state index < -0.39 is 111 Å². The first-order valence-electron chi connectivity index (χ1n) is 15.9. The van der Waals surface area contributed by atoms with Crippen molar-refractivity contribution >= 4 is 5.91 Å². The van der Waals surface area contributed by atoms with Crippen molar-refractivity contribution in [3.05, 3.63) is 36.5 Å². The van der Waals surface area contributed by atoms with Crippen LogP contribution in [0.5, 0.6) is 0 Å². The molecule has 10 N–H and O–H groups in total. The van der Waals surface area contributed by atoms with Crippen LogP contribution in [0, 0.1) is 6.92 Å². The van der Waals surface area contributed by atoms with Gasteiger partial charge in [-0.3, -0.25) is 14.6 Å². The quantitative estimate of drug-likeness (QED) is 0.0606. The van der Waals surface area contributed by atoms with Crippen LogP contribution in [0.2, 0.25) is 0 Å². The van der Waals surface area contributed by atoms with Crippen LogP contribution in [0.15, 0.2) is 18.5 Å². The Morgan fingerprint density at radius 3 is 2.14 bits per heavy atom. The number of nitrogens with one attached hydrogen (secondary N) is 2. The van der Waals surface area contributed by atoms with E-state index in [0.29, 0.717) is 13.0 Å². The Labute approximate surface area is 282 Å². The summed E-state index contributed by atoms with van der Waals surface area (Å²) in [4.78, 5) is 21.9. The number of pyridine rings is 1. The molecular formula is C30H48N3O16. The van der Waals surface area contributed by atoms with Gasteiger partial charge in [0.05, 0.1) is 32.5 Å². The van der Waals surface area contributed by atoms with Gasteiger partial charge in [-0.2, -0.15) is 0 Å². The van der Waals surface area contributed by atoms with Gasteiger partial charge in [0.25, 0.3) is 0 Å². The van der Waals surface area contributed by atoms with Crippen LogP contribution in [0.3, 0.4) is 0 Å². The van der Waals surface area contributed by atoms with Gasteiger partial charge in [0.1, 0.15) is 67.1 Å². The number of hydrogen-bond acceptors (Lipinski definition) is 18. The number of hydroxylamine groups is 1. The summed E-state index contributed by atoms with van der Waals surface area (Å²) in [6, 6.07) is 0.558. The Hall–Kier alpha value is -2.02. The molecule has 0 aromatic carbocycles. The molecule has 3 aliphatic heterocycles. The van der Waals surface area contributed by atoms with Crippen molar-refractivity contribution in [2.45, 2.75) is 119 Å². The van der Waals surface area contributed by atoms with Crippen molar-refractivity contribution in [3.63, 3.8) is 0 Å². The molecule has 3 fully saturated rings. The molecule has 1 aromatic rings. The summed E-state index contributed by atoms with van der Waals surface area (Å²) in [5.41, 5.74) is 4.35. The van der Waals surface area contributed by atoms with E-state index in [0.717, 1.165) is 11.1 Å². The third kappa shape index (κ3) is 10.1. The predicted octanol–water partition coefficient (Wildman–Crippen LogP) is -4.69. The Kier molecular flexibility index (Phi) is 15.0. The van der Waals surface area contributed by atoms with E-state index in [2.05, 4.69) is 22.7 Å². The first-order chi connectivity index (χ1) is 23.4. The fourth-order valence-corrected chi connectivity index (χ4v) is 5.69. The Balaban J connectivity index is 1.51. The number of ether oxygens (including phenoxy) is 6. The van der Waals surface area contributed by atoms with Gasteiger partial charge in [-0.25, -0.2) is 5.48 Å². The molecule has 1 amide bonds. The lowest BCUT2D eigenvalue weighted by Gasteiger charge is -2.50. The van der Waals surface area contributed by atoms with E-state index in [1.165, 1.54) is 13.8 Å². The highest BCUT2D eigenvalue weighted by Gasteiger charge is 2.54. The lowest BCUT2D eigenvalue weighted by molar-refractivity contribution is -0.373. The Morgan fingerprint density at radius 2 is 1.49 bits per heavy atom. The molecule has 279 valence electrons. The van der Waals surface area contributed by atoms with Gasteiger partial charge in [0, 0.05) is 25.9 Å². The summed E-state index contributed by atoms with van der Waals surface area (Å²) in [5, 5.41) is 85.3. The molecule has 0 spiro atoms. The van der Waals surface area contributed by atoms with E-state index in [1.54, 1.807) is 12.4 Å². The molecule has 6 unspecified atom stereocenters. The molecule has 4 heterocycles. The molecule has 15 atom stereocenters. The molecule has 0 saturated carbocycles. The first-order valence-corrected chi connectivity index (χ1v) is 15.9. The number of nitrogens with zero attached hydrogens (tertiary/aromatic N) is 1. The average Bonchev–Trinajstić information content (AvgIpc) is 3.07. The molecule has 1 aromatic heterocycles. The SMILES string of the molecule is [CH2]c1cncc(CONCCCO[C@@H]2OC(CO)[C@@H](O[C@@H]3OC(C)[C@@H](O)[C@H](O)C3O)[C@@H](O[C@@H]3OC(CO)[C@H](O)[C@@H](O)C3O)C2NC(C)=O)c1. The lowest BCUT2D eigenvalue weighted by Crippen LogP contribution is -2.69. The number of aliphatic hydroxyl groups excluding tert-OH is 8. The fraction of sp³-hybridized carbons (Fsp3) is 0.767. The zero-order chi connectivity index (χ0) is 35.8. The second kappa shape index (κ2) is 18.5. The van der Waals surface area contributed by atoms with E-state index in [1.807, 2.05) is 6.07 Å². The van der Waals surface area contributed by atoms with Crippen molar-refractivity contribution in [3.8, 4) is 0 Å². The monoisotopic (exact) mass is 706 g/mol. The molecule has 0 aliphatic carbocycles. The van der Waals surface area contributed by atoms with Gasteiger partial charge in [-0.05, 0) is 31.4 Å². The van der Waals surface area contributed by atoms with Gasteiger partial charge < -0.3 is 74.6 Å². The third-order valence-electron chi connectivity index (χ3n) is 8.33. The van der Waals surface area contributed by atoms with E-state index in [4.69, 9.17) is 33.3 Å². The highest BCUT2D eigenvalue weighted by atomic mass is 16.8. The van der Waals surface area contributed by atoms with Crippen LogP contribution >= 0.6 is 0 Å². The summed E-state index contributed by atoms with van der Waals surface area (Å²) in [6.45, 7) is 5.57. The van der Waals surface area contributed by atoms with Crippen LogP contribution in [-0.2, 0) is 44.7 Å². The Bertz CT molecular complexity index is 1170. The molecule has 19 heteroatoms. The lowest BCUT2D eigenvalue weighted by atomic mass is 9.94. The number of hydrogen-bond donors (Lipinski definition) is 10. The number of carbonyl (C=O) groups is 1. The fourth-order valence-electron chi connectivity index (χ4n) is 5.69. The number of amides is 1. The highest BCUT2D eigenvalue weighted by molar-refractivity contribution is 5.73. The standard InChI is InChI=1S/C30H48N3O16/c1-13-7-16(9-31-8-13)12-44-32-5-4-6-43-28-19(33-15(3)36)27(49-30-25(42)23(40)21(38)17(10-34)46-30)26(18(11-35)47-28)48-29-24(41)22(39)20(37)14(2)45-29/h7-9,14,17-30,32,34-35,37-42H,1,4-6,10-12H2,2-3H3,(H,33,36)/t14?,17?,18?,19?,20-,21+,22+,23-,24?,25?,26-,27+,28-,29+,30+/m1/s1. The maximum Gasteiger partial charge on any atom is 0.217 e. The molecular weight excluding hydrogens is 658 g/mol. The van der Waals surface area contributed by atoms with Gasteiger partial charge in [-0.1, -0.05) is 6.07 Å². The van der Waals surface area contributed by atoms with Gasteiger partial charge in [0.2, 0.25) is 5.91 Å². The molecule has 0 bridgehead atoms. The summed E-state index contributed by atoms with van der Waals surface area (Å²) in [7, 11) is 0. The molecule has 1 radical (unpaired) electrons. The predicted molar refractivity (Wildman–Crippen MR) is 161 cm³/mol. The first kappa shape index (κ1) is 39.8. The van der Waals surface area contributed by atoms with Gasteiger partial charge in [-0.15, -0.1) is 0 Å². The van der Waals surface area contributed by atoms with Crippen molar-refractivity contribution in [2.75, 3.05) is 26.4 Å². The van der Waals surface area contributed by atoms with Gasteiger partial charge >= 0.3 is 0 Å². The maximum absolute atomic E-state index is 12.4. The minimum Gasteiger partial charge on any atom is -0.394 e. The maximum atomic E-state index is 12.4. The number of carbonyl (C=O) groups excluding carboxylic acids is 1. The van der Waals surface area contributed by atoms with Gasteiger partial charge in [0.15, 0.2) is 18.9 Å². The Morgan fingerprint density at radius 1 is 0.857 bits per heavy atom. The minimum absolute atomic E-state index is 0.0372. The molecule has 3 aliphatic rings. The zero-order valence-electron chi connectivity index (χ0n) is 27.1. The molecule has 4 rings (SSSR count). The van der Waals surface area contributed by atoms with E-state index in [9.17, 15) is 45.6 Å². The second-order valence-electron chi connectivity index (χ2n) is 12.1. The number of aliphatic hydroxyl groups is 8. The summed E-state index contributed by atoms with van der Waals surface area (Å²) < 4.78 is 35.2. The second-order valence-corrected chi connectivity index (χ2v) is 12.1. The van der Waals surface area contributed by atoms with Crippen LogP contribution in [0.1, 0.15) is 31.4 Å². The van der Waals surface area contributed by atoms with E-state index in [-0.39, 0.29) is 13.2 Å². The minimum atomic E-state index is -1.86. The van der Waals surface area contributed by atoms with Crippen LogP contribution in [0.25, 0.3) is 0 Å². The smallest absolute Gasteiger partial charge is 0.217 e. The van der Waals surface area contributed by atoms with Crippen LogP contribution < -0.4 is 10.8 Å². The largest absolute Gasteiger partial charge is 0.394 e. The van der Waals surface area contributed by atoms with Crippen molar-refractivity contribution in [2.24, 2.45) is 0 Å². The van der Waals surface area contributed by atoms with E-state index >= 15 is 0 Å². The summed E-state index contributed by atoms with van der Waals surface area (Å²) in [5.74, 6) is -0.581. The van der Waals surface area contributed by atoms with Crippen LogP contribution in [-0.4, -0.2) is 170 Å². The average molecular weight is 707 g/mol. The van der Waals surface area contributed by atoms with Crippen LogP contribution in [0.4, 0.5) is 0 Å². The summed E-state index contributed by atoms with van der Waals surface area (Å²) in [6.07, 6.45) is -17.9. The highest BCUT2D eigenvalue weighted by Crippen LogP contribution is 2.33. The zero-order valence-corrected chi connectivity index (χ0v) is 27.1. The normalized spacial score (nSPS) is 39.9. The topological polar surface area (TPSA) is 280 Å². The number of aromatic nitrogens is 1. The molecule has 19 nitrogen and oxygen atoms in total.